The molecule has 0 unspecified atom stereocenters. The highest BCUT2D eigenvalue weighted by atomic mass is 14.9. The summed E-state index contributed by atoms with van der Waals surface area (Å²) in [7, 11) is 0. The summed E-state index contributed by atoms with van der Waals surface area (Å²) in [4.78, 5) is 10.9. The van der Waals surface area contributed by atoms with Crippen molar-refractivity contribution in [2.75, 3.05) is 0 Å². The highest BCUT2D eigenvalue weighted by Crippen LogP contribution is 2.48. The Morgan fingerprint density at radius 3 is 1.87 bits per heavy atom. The highest BCUT2D eigenvalue weighted by molar-refractivity contribution is 6.24. The van der Waals surface area contributed by atoms with E-state index in [0.29, 0.717) is 0 Å². The van der Waals surface area contributed by atoms with Crippen molar-refractivity contribution in [2.45, 2.75) is 0 Å². The fourth-order valence-electron chi connectivity index (χ4n) is 4.65. The largest absolute Gasteiger partial charge is 0.311 e. The SMILES string of the molecule is [C-]#[N+]c1cc2c(c([N+]#[C-])c1[N+]#[C-])c1cc3ccccc3cc1c1cc3ccccc3n12. The lowest BCUT2D eigenvalue weighted by Gasteiger charge is -2.15. The molecule has 4 heteroatoms. The zero-order valence-corrected chi connectivity index (χ0v) is 16.2. The van der Waals surface area contributed by atoms with Gasteiger partial charge in [0.25, 0.3) is 0 Å². The molecule has 140 valence electrons. The lowest BCUT2D eigenvalue weighted by atomic mass is 9.98. The molecule has 2 heterocycles. The van der Waals surface area contributed by atoms with Crippen LogP contribution in [0.15, 0.2) is 72.8 Å². The lowest BCUT2D eigenvalue weighted by molar-refractivity contribution is 1.35. The van der Waals surface area contributed by atoms with E-state index in [0.717, 1.165) is 48.9 Å². The van der Waals surface area contributed by atoms with Crippen LogP contribution in [0.1, 0.15) is 0 Å². The lowest BCUT2D eigenvalue weighted by Crippen LogP contribution is -1.92. The van der Waals surface area contributed by atoms with Crippen LogP contribution in [0.25, 0.3) is 63.4 Å². The monoisotopic (exact) mass is 392 g/mol. The van der Waals surface area contributed by atoms with Crippen molar-refractivity contribution in [3.05, 3.63) is 107 Å². The first-order valence-corrected chi connectivity index (χ1v) is 9.73. The Morgan fingerprint density at radius 2 is 1.19 bits per heavy atom. The number of pyridine rings is 1. The van der Waals surface area contributed by atoms with Gasteiger partial charge in [0.1, 0.15) is 0 Å². The van der Waals surface area contributed by atoms with E-state index in [-0.39, 0.29) is 17.1 Å². The highest BCUT2D eigenvalue weighted by Gasteiger charge is 2.20. The second-order valence-electron chi connectivity index (χ2n) is 7.49. The van der Waals surface area contributed by atoms with Gasteiger partial charge in [-0.2, -0.15) is 0 Å². The molecular formula is C27H12N4. The van der Waals surface area contributed by atoms with Gasteiger partial charge in [-0.15, -0.1) is 0 Å². The predicted octanol–water partition coefficient (Wildman–Crippen LogP) is 8.20. The normalized spacial score (nSPS) is 11.1. The van der Waals surface area contributed by atoms with Gasteiger partial charge in [-0.25, -0.2) is 0 Å². The number of hydrogen-bond acceptors (Lipinski definition) is 0. The smallest absolute Gasteiger partial charge is 0.201 e. The van der Waals surface area contributed by atoms with Gasteiger partial charge in [0.05, 0.1) is 30.7 Å². The van der Waals surface area contributed by atoms with Gasteiger partial charge < -0.3 is 4.40 Å². The first kappa shape index (κ1) is 17.0. The summed E-state index contributed by atoms with van der Waals surface area (Å²) in [6.07, 6.45) is 0. The third-order valence-corrected chi connectivity index (χ3v) is 5.96. The zero-order valence-electron chi connectivity index (χ0n) is 16.2. The van der Waals surface area contributed by atoms with E-state index in [9.17, 15) is 0 Å². The molecule has 6 rings (SSSR count). The molecule has 0 saturated carbocycles. The van der Waals surface area contributed by atoms with Crippen molar-refractivity contribution in [3.8, 4) is 0 Å². The molecular weight excluding hydrogens is 380 g/mol. The molecule has 0 radical (unpaired) electrons. The van der Waals surface area contributed by atoms with Crippen LogP contribution in [-0.4, -0.2) is 4.40 Å². The summed E-state index contributed by atoms with van der Waals surface area (Å²) in [5.74, 6) is 0. The van der Waals surface area contributed by atoms with E-state index in [4.69, 9.17) is 19.7 Å². The van der Waals surface area contributed by atoms with Gasteiger partial charge in [0, 0.05) is 16.3 Å². The Bertz CT molecular complexity index is 1870. The summed E-state index contributed by atoms with van der Waals surface area (Å²) in [6.45, 7) is 23.1. The van der Waals surface area contributed by atoms with Crippen molar-refractivity contribution < 1.29 is 0 Å². The molecule has 4 aromatic carbocycles. The minimum atomic E-state index is 0.128. The summed E-state index contributed by atoms with van der Waals surface area (Å²) < 4.78 is 2.12. The van der Waals surface area contributed by atoms with Gasteiger partial charge in [0.2, 0.25) is 5.69 Å². The average Bonchev–Trinajstić information content (AvgIpc) is 3.21. The first-order chi connectivity index (χ1) is 15.2. The quantitative estimate of drug-likeness (QED) is 0.141. The second kappa shape index (κ2) is 6.07. The first-order valence-electron chi connectivity index (χ1n) is 9.73. The minimum Gasteiger partial charge on any atom is -0.311 e. The maximum atomic E-state index is 7.88. The molecule has 0 aliphatic heterocycles. The molecule has 0 atom stereocenters. The number of hydrogen-bond donors (Lipinski definition) is 0. The fraction of sp³-hybridized carbons (Fsp3) is 0. The zero-order chi connectivity index (χ0) is 21.1. The van der Waals surface area contributed by atoms with Gasteiger partial charge in [-0.05, 0) is 51.9 Å². The average molecular weight is 392 g/mol. The molecule has 0 aliphatic rings. The van der Waals surface area contributed by atoms with E-state index < -0.39 is 0 Å². The van der Waals surface area contributed by atoms with Gasteiger partial charge in [-0.3, -0.25) is 14.5 Å². The number of nitrogens with zero attached hydrogens (tertiary/aromatic N) is 4. The Kier molecular flexibility index (Phi) is 3.34. The number of aromatic nitrogens is 1. The molecule has 2 aromatic heterocycles. The topological polar surface area (TPSA) is 17.5 Å². The van der Waals surface area contributed by atoms with Crippen LogP contribution >= 0.6 is 0 Å². The third kappa shape index (κ3) is 2.15. The van der Waals surface area contributed by atoms with Crippen LogP contribution in [0.3, 0.4) is 0 Å². The van der Waals surface area contributed by atoms with Crippen molar-refractivity contribution in [2.24, 2.45) is 0 Å². The molecule has 0 fully saturated rings. The summed E-state index contributed by atoms with van der Waals surface area (Å²) in [5, 5.41) is 5.96. The van der Waals surface area contributed by atoms with Crippen molar-refractivity contribution in [1.29, 1.82) is 0 Å². The van der Waals surface area contributed by atoms with E-state index >= 15 is 0 Å². The van der Waals surface area contributed by atoms with Crippen LogP contribution in [0.4, 0.5) is 17.1 Å². The molecule has 0 amide bonds. The van der Waals surface area contributed by atoms with Crippen molar-refractivity contribution in [3.63, 3.8) is 0 Å². The van der Waals surface area contributed by atoms with Crippen LogP contribution in [0.5, 0.6) is 0 Å². The van der Waals surface area contributed by atoms with Crippen molar-refractivity contribution >= 4 is 65.9 Å². The molecule has 4 nitrogen and oxygen atoms in total. The number of fused-ring (bicyclic) bond motifs is 9. The Hall–Kier alpha value is -4.85. The Labute approximate surface area is 177 Å². The predicted molar refractivity (Wildman–Crippen MR) is 126 cm³/mol. The van der Waals surface area contributed by atoms with E-state index in [1.165, 1.54) is 0 Å². The molecule has 0 aliphatic carbocycles. The molecule has 31 heavy (non-hydrogen) atoms. The summed E-state index contributed by atoms with van der Waals surface area (Å²) >= 11 is 0. The molecule has 0 N–H and O–H groups in total. The van der Waals surface area contributed by atoms with Gasteiger partial charge in [-0.1, -0.05) is 42.5 Å². The summed E-state index contributed by atoms with van der Waals surface area (Å²) in [5.41, 5.74) is 3.41. The number of para-hydroxylation sites is 1. The van der Waals surface area contributed by atoms with Crippen molar-refractivity contribution in [1.82, 2.24) is 4.40 Å². The van der Waals surface area contributed by atoms with Crippen LogP contribution in [-0.2, 0) is 0 Å². The Balaban J connectivity index is 2.05. The minimum absolute atomic E-state index is 0.128. The summed E-state index contributed by atoms with van der Waals surface area (Å²) in [6, 6.07) is 24.5. The molecule has 0 bridgehead atoms. The maximum absolute atomic E-state index is 7.88. The standard InChI is InChI=1S/C27H12N4/c1-28-21-15-24-25(27(30-3)26(21)29-2)20-13-17-9-5-4-8-16(17)12-19(20)23-14-18-10-6-7-11-22(18)31(23)24/h4-15H. The Morgan fingerprint density at radius 1 is 0.548 bits per heavy atom. The second-order valence-corrected chi connectivity index (χ2v) is 7.49. The third-order valence-electron chi connectivity index (χ3n) is 5.96. The fourth-order valence-corrected chi connectivity index (χ4v) is 4.65. The van der Waals surface area contributed by atoms with Gasteiger partial charge >= 0.3 is 0 Å². The number of benzene rings is 4. The molecule has 0 spiro atoms. The van der Waals surface area contributed by atoms with Crippen LogP contribution in [0.2, 0.25) is 0 Å². The van der Waals surface area contributed by atoms with E-state index in [1.54, 1.807) is 6.07 Å². The number of rotatable bonds is 0. The van der Waals surface area contributed by atoms with Crippen LogP contribution in [0, 0.1) is 19.7 Å². The van der Waals surface area contributed by atoms with Gasteiger partial charge in [0.15, 0.2) is 11.4 Å². The van der Waals surface area contributed by atoms with E-state index in [1.807, 2.05) is 30.3 Å². The van der Waals surface area contributed by atoms with E-state index in [2.05, 4.69) is 55.3 Å². The van der Waals surface area contributed by atoms with Crippen LogP contribution < -0.4 is 0 Å². The molecule has 6 aromatic rings. The molecule has 0 saturated heterocycles. The maximum Gasteiger partial charge on any atom is 0.201 e.